The normalized spacial score (nSPS) is 14.2. The first-order valence-electron chi connectivity index (χ1n) is 6.08. The number of halogens is 3. The largest absolute Gasteiger partial charge is 0.454 e. The summed E-state index contributed by atoms with van der Waals surface area (Å²) in [5.74, 6) is -0.0838. The Morgan fingerprint density at radius 2 is 1.95 bits per heavy atom. The van der Waals surface area contributed by atoms with Gasteiger partial charge in [0.05, 0.1) is 11.0 Å². The molecule has 0 spiro atoms. The third-order valence-electron chi connectivity index (χ3n) is 3.08. The van der Waals surface area contributed by atoms with Gasteiger partial charge in [-0.2, -0.15) is 13.2 Å². The molecule has 0 bridgehead atoms. The van der Waals surface area contributed by atoms with E-state index in [0.29, 0.717) is 30.0 Å². The van der Waals surface area contributed by atoms with E-state index in [-0.39, 0.29) is 18.9 Å². The number of aromatic nitrogens is 2. The van der Waals surface area contributed by atoms with Gasteiger partial charge in [0.2, 0.25) is 12.6 Å². The number of ether oxygens (including phenoxy) is 2. The standard InChI is InChI=1S/C12H12F3N3O2/c13-12(14,15)11-17-7-4-9-10(20-6-19-9)5-8(7)18(11)3-1-2-16/h4-5H,1-3,6,16H2. The molecule has 1 aromatic carbocycles. The van der Waals surface area contributed by atoms with Gasteiger partial charge in [0.25, 0.3) is 0 Å². The molecule has 0 atom stereocenters. The fourth-order valence-electron chi connectivity index (χ4n) is 2.21. The lowest BCUT2D eigenvalue weighted by Crippen LogP contribution is -2.16. The number of imidazole rings is 1. The quantitative estimate of drug-likeness (QED) is 0.939. The van der Waals surface area contributed by atoms with E-state index in [1.165, 1.54) is 12.1 Å². The van der Waals surface area contributed by atoms with Gasteiger partial charge in [-0.15, -0.1) is 0 Å². The fourth-order valence-corrected chi connectivity index (χ4v) is 2.21. The maximum Gasteiger partial charge on any atom is 0.449 e. The Labute approximate surface area is 112 Å². The first-order valence-corrected chi connectivity index (χ1v) is 6.08. The van der Waals surface area contributed by atoms with Crippen LogP contribution in [0.1, 0.15) is 12.2 Å². The molecule has 0 unspecified atom stereocenters. The zero-order valence-corrected chi connectivity index (χ0v) is 10.4. The lowest BCUT2D eigenvalue weighted by atomic mass is 10.2. The van der Waals surface area contributed by atoms with E-state index in [0.717, 1.165) is 4.57 Å². The smallest absolute Gasteiger partial charge is 0.449 e. The maximum absolute atomic E-state index is 13.0. The van der Waals surface area contributed by atoms with Crippen LogP contribution in [0, 0.1) is 0 Å². The average molecular weight is 287 g/mol. The molecule has 108 valence electrons. The molecule has 1 aliphatic heterocycles. The topological polar surface area (TPSA) is 62.3 Å². The lowest BCUT2D eigenvalue weighted by molar-refractivity contribution is -0.146. The third kappa shape index (κ3) is 2.05. The highest BCUT2D eigenvalue weighted by Crippen LogP contribution is 2.38. The molecule has 0 aliphatic carbocycles. The first-order chi connectivity index (χ1) is 9.50. The van der Waals surface area contributed by atoms with Crippen LogP contribution in [0.15, 0.2) is 12.1 Å². The predicted molar refractivity (Wildman–Crippen MR) is 64.5 cm³/mol. The van der Waals surface area contributed by atoms with Gasteiger partial charge in [-0.25, -0.2) is 4.98 Å². The van der Waals surface area contributed by atoms with E-state index in [4.69, 9.17) is 15.2 Å². The van der Waals surface area contributed by atoms with E-state index in [1.54, 1.807) is 0 Å². The van der Waals surface area contributed by atoms with Crippen LogP contribution in [-0.2, 0) is 12.7 Å². The number of aryl methyl sites for hydroxylation is 1. The highest BCUT2D eigenvalue weighted by Gasteiger charge is 2.37. The summed E-state index contributed by atoms with van der Waals surface area (Å²) in [6, 6.07) is 2.99. The molecule has 20 heavy (non-hydrogen) atoms. The summed E-state index contributed by atoms with van der Waals surface area (Å²) >= 11 is 0. The van der Waals surface area contributed by atoms with Gasteiger partial charge < -0.3 is 19.8 Å². The highest BCUT2D eigenvalue weighted by molar-refractivity contribution is 5.81. The molecule has 3 rings (SSSR count). The second kappa shape index (κ2) is 4.55. The van der Waals surface area contributed by atoms with Gasteiger partial charge in [0, 0.05) is 18.7 Å². The molecule has 2 N–H and O–H groups in total. The molecule has 0 fully saturated rings. The van der Waals surface area contributed by atoms with Crippen molar-refractivity contribution in [3.05, 3.63) is 18.0 Å². The van der Waals surface area contributed by atoms with Gasteiger partial charge in [0.15, 0.2) is 11.5 Å². The number of hydrogen-bond acceptors (Lipinski definition) is 4. The van der Waals surface area contributed by atoms with Crippen molar-refractivity contribution in [2.45, 2.75) is 19.1 Å². The minimum Gasteiger partial charge on any atom is -0.454 e. The summed E-state index contributed by atoms with van der Waals surface area (Å²) in [7, 11) is 0. The van der Waals surface area contributed by atoms with Crippen LogP contribution in [0.4, 0.5) is 13.2 Å². The van der Waals surface area contributed by atoms with Gasteiger partial charge >= 0.3 is 6.18 Å². The average Bonchev–Trinajstić information content (AvgIpc) is 2.96. The summed E-state index contributed by atoms with van der Waals surface area (Å²) in [5, 5.41) is 0. The molecule has 2 aromatic rings. The van der Waals surface area contributed by atoms with Gasteiger partial charge in [0.1, 0.15) is 0 Å². The van der Waals surface area contributed by atoms with Crippen LogP contribution in [-0.4, -0.2) is 22.9 Å². The first kappa shape index (κ1) is 13.0. The maximum atomic E-state index is 13.0. The van der Waals surface area contributed by atoms with Crippen molar-refractivity contribution >= 4 is 11.0 Å². The van der Waals surface area contributed by atoms with Crippen molar-refractivity contribution in [2.24, 2.45) is 5.73 Å². The summed E-state index contributed by atoms with van der Waals surface area (Å²) in [4.78, 5) is 3.68. The SMILES string of the molecule is NCCCn1c(C(F)(F)F)nc2cc3c(cc21)OCO3. The van der Waals surface area contributed by atoms with Crippen molar-refractivity contribution in [1.29, 1.82) is 0 Å². The van der Waals surface area contributed by atoms with E-state index >= 15 is 0 Å². The van der Waals surface area contributed by atoms with E-state index in [1.807, 2.05) is 0 Å². The molecule has 0 saturated carbocycles. The summed E-state index contributed by atoms with van der Waals surface area (Å²) in [5.41, 5.74) is 5.98. The number of rotatable bonds is 3. The summed E-state index contributed by atoms with van der Waals surface area (Å²) in [6.07, 6.45) is -4.08. The second-order valence-corrected chi connectivity index (χ2v) is 4.42. The van der Waals surface area contributed by atoms with Gasteiger partial charge in [-0.3, -0.25) is 0 Å². The van der Waals surface area contributed by atoms with Crippen LogP contribution in [0.3, 0.4) is 0 Å². The van der Waals surface area contributed by atoms with Crippen molar-refractivity contribution < 1.29 is 22.6 Å². The van der Waals surface area contributed by atoms with E-state index in [9.17, 15) is 13.2 Å². The second-order valence-electron chi connectivity index (χ2n) is 4.42. The molecule has 2 heterocycles. The summed E-state index contributed by atoms with van der Waals surface area (Å²) < 4.78 is 50.6. The Morgan fingerprint density at radius 1 is 1.25 bits per heavy atom. The molecular weight excluding hydrogens is 275 g/mol. The van der Waals surface area contributed by atoms with Crippen LogP contribution < -0.4 is 15.2 Å². The lowest BCUT2D eigenvalue weighted by Gasteiger charge is -2.10. The Morgan fingerprint density at radius 3 is 2.60 bits per heavy atom. The van der Waals surface area contributed by atoms with Gasteiger partial charge in [-0.05, 0) is 13.0 Å². The number of alkyl halides is 3. The molecule has 1 aromatic heterocycles. The van der Waals surface area contributed by atoms with Crippen molar-refractivity contribution in [3.63, 3.8) is 0 Å². The zero-order chi connectivity index (χ0) is 14.3. The molecule has 1 aliphatic rings. The Bertz CT molecular complexity index is 651. The minimum absolute atomic E-state index is 0.0663. The van der Waals surface area contributed by atoms with Crippen LogP contribution in [0.2, 0.25) is 0 Å². The molecule has 0 amide bonds. The number of hydrogen-bond donors (Lipinski definition) is 1. The number of benzene rings is 1. The summed E-state index contributed by atoms with van der Waals surface area (Å²) in [6.45, 7) is 0.528. The number of nitrogens with zero attached hydrogens (tertiary/aromatic N) is 2. The monoisotopic (exact) mass is 287 g/mol. The molecule has 5 nitrogen and oxygen atoms in total. The molecule has 8 heteroatoms. The minimum atomic E-state index is -4.51. The van der Waals surface area contributed by atoms with E-state index in [2.05, 4.69) is 4.98 Å². The zero-order valence-electron chi connectivity index (χ0n) is 10.4. The van der Waals surface area contributed by atoms with Crippen LogP contribution in [0.5, 0.6) is 11.5 Å². The van der Waals surface area contributed by atoms with Crippen molar-refractivity contribution in [1.82, 2.24) is 9.55 Å². The molecule has 0 radical (unpaired) electrons. The van der Waals surface area contributed by atoms with E-state index < -0.39 is 12.0 Å². The predicted octanol–water partition coefficient (Wildman–Crippen LogP) is 2.13. The molecular formula is C12H12F3N3O2. The highest BCUT2D eigenvalue weighted by atomic mass is 19.4. The van der Waals surface area contributed by atoms with Crippen molar-refractivity contribution in [3.8, 4) is 11.5 Å². The third-order valence-corrected chi connectivity index (χ3v) is 3.08. The Hall–Kier alpha value is -1.96. The Kier molecular flexibility index (Phi) is 2.97. The number of nitrogens with two attached hydrogens (primary N) is 1. The molecule has 0 saturated heterocycles. The Balaban J connectivity index is 2.18. The number of fused-ring (bicyclic) bond motifs is 2. The van der Waals surface area contributed by atoms with Gasteiger partial charge in [-0.1, -0.05) is 0 Å². The van der Waals surface area contributed by atoms with Crippen LogP contribution in [0.25, 0.3) is 11.0 Å². The fraction of sp³-hybridized carbons (Fsp3) is 0.417. The van der Waals surface area contributed by atoms with Crippen molar-refractivity contribution in [2.75, 3.05) is 13.3 Å². The van der Waals surface area contributed by atoms with Crippen LogP contribution >= 0.6 is 0 Å².